The van der Waals surface area contributed by atoms with Crippen LogP contribution in [-0.2, 0) is 4.79 Å². The van der Waals surface area contributed by atoms with Gasteiger partial charge >= 0.3 is 0 Å². The number of aliphatic hydroxyl groups is 1. The van der Waals surface area contributed by atoms with Gasteiger partial charge in [0.1, 0.15) is 5.82 Å². The highest BCUT2D eigenvalue weighted by atomic mass is 35.5. The molecule has 0 saturated carbocycles. The molecule has 1 heterocycles. The van der Waals surface area contributed by atoms with Crippen LogP contribution in [0.25, 0.3) is 0 Å². The molecule has 122 valence electrons. The van der Waals surface area contributed by atoms with Crippen molar-refractivity contribution in [1.82, 2.24) is 10.2 Å². The van der Waals surface area contributed by atoms with Gasteiger partial charge in [-0.1, -0.05) is 17.7 Å². The Bertz CT molecular complexity index is 526. The summed E-state index contributed by atoms with van der Waals surface area (Å²) >= 11 is 7.49. The summed E-state index contributed by atoms with van der Waals surface area (Å²) in [7, 11) is 0. The highest BCUT2D eigenvalue weighted by Crippen LogP contribution is 2.20. The van der Waals surface area contributed by atoms with Crippen molar-refractivity contribution < 1.29 is 14.3 Å². The van der Waals surface area contributed by atoms with Crippen LogP contribution >= 0.6 is 23.4 Å². The summed E-state index contributed by atoms with van der Waals surface area (Å²) in [6.07, 6.45) is -0.958. The number of nitrogens with one attached hydrogen (secondary N) is 1. The number of rotatable bonds is 5. The van der Waals surface area contributed by atoms with E-state index in [2.05, 4.69) is 10.2 Å². The molecule has 0 bridgehead atoms. The van der Waals surface area contributed by atoms with Crippen LogP contribution in [0.2, 0.25) is 5.02 Å². The number of thioether (sulfide) groups is 1. The fourth-order valence-electron chi connectivity index (χ4n) is 2.31. The third-order valence-electron chi connectivity index (χ3n) is 3.77. The lowest BCUT2D eigenvalue weighted by molar-refractivity contribution is -0.126. The number of carbonyl (C=O) groups excluding carboxylic acids is 1. The van der Waals surface area contributed by atoms with Crippen molar-refractivity contribution in [2.45, 2.75) is 19.1 Å². The van der Waals surface area contributed by atoms with Gasteiger partial charge in [0, 0.05) is 31.1 Å². The van der Waals surface area contributed by atoms with Crippen LogP contribution in [0.3, 0.4) is 0 Å². The van der Waals surface area contributed by atoms with E-state index < -0.39 is 11.9 Å². The van der Waals surface area contributed by atoms with Gasteiger partial charge in [0.05, 0.1) is 17.2 Å². The Morgan fingerprint density at radius 1 is 1.50 bits per heavy atom. The first kappa shape index (κ1) is 17.5. The zero-order valence-electron chi connectivity index (χ0n) is 12.4. The van der Waals surface area contributed by atoms with Gasteiger partial charge in [0.25, 0.3) is 0 Å². The molecule has 2 rings (SSSR count). The molecule has 7 heteroatoms. The maximum Gasteiger partial charge on any atom is 0.237 e. The average molecular weight is 347 g/mol. The molecule has 0 spiro atoms. The molecular formula is C15H20ClFN2O2S. The van der Waals surface area contributed by atoms with Gasteiger partial charge in [0.2, 0.25) is 5.91 Å². The first-order chi connectivity index (χ1) is 10.5. The second-order valence-corrected chi connectivity index (χ2v) is 6.89. The molecule has 2 unspecified atom stereocenters. The Labute approximate surface area is 139 Å². The van der Waals surface area contributed by atoms with Crippen molar-refractivity contribution in [3.05, 3.63) is 34.6 Å². The third kappa shape index (κ3) is 4.59. The van der Waals surface area contributed by atoms with E-state index in [4.69, 9.17) is 11.6 Å². The number of nitrogens with zero attached hydrogens (tertiary/aromatic N) is 1. The molecule has 0 radical (unpaired) electrons. The van der Waals surface area contributed by atoms with Crippen LogP contribution in [0.15, 0.2) is 18.2 Å². The fourth-order valence-corrected chi connectivity index (χ4v) is 3.36. The van der Waals surface area contributed by atoms with Crippen molar-refractivity contribution in [2.75, 3.05) is 31.1 Å². The van der Waals surface area contributed by atoms with Crippen molar-refractivity contribution in [3.8, 4) is 0 Å². The van der Waals surface area contributed by atoms with Gasteiger partial charge in [-0.3, -0.25) is 9.69 Å². The molecule has 1 fully saturated rings. The second kappa shape index (κ2) is 8.15. The normalized spacial score (nSPS) is 18.7. The molecule has 1 aromatic carbocycles. The highest BCUT2D eigenvalue weighted by molar-refractivity contribution is 7.99. The van der Waals surface area contributed by atoms with Crippen LogP contribution < -0.4 is 5.32 Å². The van der Waals surface area contributed by atoms with E-state index in [0.29, 0.717) is 5.56 Å². The highest BCUT2D eigenvalue weighted by Gasteiger charge is 2.23. The van der Waals surface area contributed by atoms with E-state index in [1.807, 2.05) is 18.7 Å². The molecule has 4 nitrogen and oxygen atoms in total. The lowest BCUT2D eigenvalue weighted by atomic mass is 10.1. The number of halogens is 2. The fraction of sp³-hybridized carbons (Fsp3) is 0.533. The molecule has 22 heavy (non-hydrogen) atoms. The smallest absolute Gasteiger partial charge is 0.237 e. The molecule has 1 aliphatic heterocycles. The minimum absolute atomic E-state index is 0.0107. The lowest BCUT2D eigenvalue weighted by Crippen LogP contribution is -2.48. The van der Waals surface area contributed by atoms with Crippen molar-refractivity contribution in [1.29, 1.82) is 0 Å². The average Bonchev–Trinajstić information content (AvgIpc) is 2.54. The summed E-state index contributed by atoms with van der Waals surface area (Å²) < 4.78 is 13.4. The van der Waals surface area contributed by atoms with Gasteiger partial charge in [-0.2, -0.15) is 11.8 Å². The monoisotopic (exact) mass is 346 g/mol. The van der Waals surface area contributed by atoms with Crippen LogP contribution in [0, 0.1) is 5.82 Å². The molecule has 1 saturated heterocycles. The first-order valence-corrected chi connectivity index (χ1v) is 8.75. The van der Waals surface area contributed by atoms with Crippen molar-refractivity contribution >= 4 is 29.3 Å². The molecule has 1 aromatic rings. The summed E-state index contributed by atoms with van der Waals surface area (Å²) in [5.74, 6) is 1.36. The van der Waals surface area contributed by atoms with Crippen LogP contribution in [0.4, 0.5) is 4.39 Å². The maximum absolute atomic E-state index is 13.4. The number of hydrogen-bond acceptors (Lipinski definition) is 4. The number of benzene rings is 1. The van der Waals surface area contributed by atoms with Crippen LogP contribution in [0.5, 0.6) is 0 Å². The number of amides is 1. The van der Waals surface area contributed by atoms with E-state index in [9.17, 15) is 14.3 Å². The number of hydrogen-bond donors (Lipinski definition) is 2. The predicted molar refractivity (Wildman–Crippen MR) is 87.7 cm³/mol. The summed E-state index contributed by atoms with van der Waals surface area (Å²) in [5, 5.41) is 12.8. The van der Waals surface area contributed by atoms with Crippen LogP contribution in [0.1, 0.15) is 18.6 Å². The van der Waals surface area contributed by atoms with E-state index in [-0.39, 0.29) is 23.5 Å². The molecule has 2 N–H and O–H groups in total. The predicted octanol–water partition coefficient (Wildman–Crippen LogP) is 2.07. The van der Waals surface area contributed by atoms with E-state index in [1.54, 1.807) is 6.07 Å². The van der Waals surface area contributed by atoms with Gasteiger partial charge in [-0.05, 0) is 24.6 Å². The SMILES string of the molecule is CC(C(=O)NCC(O)c1ccc(Cl)c(F)c1)N1CCSCC1. The Hall–Kier alpha value is -0.820. The minimum Gasteiger partial charge on any atom is -0.387 e. The van der Waals surface area contributed by atoms with Crippen molar-refractivity contribution in [3.63, 3.8) is 0 Å². The molecule has 0 aromatic heterocycles. The van der Waals surface area contributed by atoms with Gasteiger partial charge in [-0.25, -0.2) is 4.39 Å². The standard InChI is InChI=1S/C15H20ClFN2O2S/c1-10(19-4-6-22-7-5-19)15(21)18-9-14(20)11-2-3-12(16)13(17)8-11/h2-3,8,10,14,20H,4-7,9H2,1H3,(H,18,21). The zero-order valence-corrected chi connectivity index (χ0v) is 14.0. The molecule has 2 atom stereocenters. The van der Waals surface area contributed by atoms with Gasteiger partial charge in [-0.15, -0.1) is 0 Å². The summed E-state index contributed by atoms with van der Waals surface area (Å²) in [4.78, 5) is 14.3. The maximum atomic E-state index is 13.4. The zero-order chi connectivity index (χ0) is 16.1. The minimum atomic E-state index is -0.958. The number of carbonyl (C=O) groups is 1. The topological polar surface area (TPSA) is 52.6 Å². The van der Waals surface area contributed by atoms with Crippen LogP contribution in [-0.4, -0.2) is 53.1 Å². The Balaban J connectivity index is 1.85. The first-order valence-electron chi connectivity index (χ1n) is 7.21. The van der Waals surface area contributed by atoms with E-state index >= 15 is 0 Å². The van der Waals surface area contributed by atoms with Gasteiger partial charge < -0.3 is 10.4 Å². The van der Waals surface area contributed by atoms with Crippen molar-refractivity contribution in [2.24, 2.45) is 0 Å². The van der Waals surface area contributed by atoms with E-state index in [1.165, 1.54) is 12.1 Å². The second-order valence-electron chi connectivity index (χ2n) is 5.26. The Morgan fingerprint density at radius 2 is 2.18 bits per heavy atom. The molecule has 1 aliphatic rings. The quantitative estimate of drug-likeness (QED) is 0.857. The third-order valence-corrected chi connectivity index (χ3v) is 5.02. The van der Waals surface area contributed by atoms with Gasteiger partial charge in [0.15, 0.2) is 0 Å². The Morgan fingerprint density at radius 3 is 2.82 bits per heavy atom. The summed E-state index contributed by atoms with van der Waals surface area (Å²) in [6.45, 7) is 3.70. The largest absolute Gasteiger partial charge is 0.387 e. The molecule has 1 amide bonds. The number of aliphatic hydroxyl groups excluding tert-OH is 1. The summed E-state index contributed by atoms with van der Waals surface area (Å²) in [6, 6.07) is 3.90. The molecular weight excluding hydrogens is 327 g/mol. The lowest BCUT2D eigenvalue weighted by Gasteiger charge is -2.31. The Kier molecular flexibility index (Phi) is 6.50. The summed E-state index contributed by atoms with van der Waals surface area (Å²) in [5.41, 5.74) is 0.393. The van der Waals surface area contributed by atoms with E-state index in [0.717, 1.165) is 24.6 Å². The molecule has 0 aliphatic carbocycles.